The third-order valence-electron chi connectivity index (χ3n) is 2.95. The van der Waals surface area contributed by atoms with E-state index in [1.54, 1.807) is 24.3 Å². The summed E-state index contributed by atoms with van der Waals surface area (Å²) in [7, 11) is -3.66. The topological polar surface area (TPSA) is 108 Å². The van der Waals surface area contributed by atoms with Gasteiger partial charge < -0.3 is 0 Å². The first kappa shape index (κ1) is 16.5. The summed E-state index contributed by atoms with van der Waals surface area (Å²) in [5, 5.41) is 8.16. The first-order chi connectivity index (χ1) is 10.4. The van der Waals surface area contributed by atoms with Gasteiger partial charge in [-0.1, -0.05) is 24.3 Å². The summed E-state index contributed by atoms with van der Waals surface area (Å²) in [6.07, 6.45) is 8.22. The van der Waals surface area contributed by atoms with Gasteiger partial charge in [0.25, 0.3) is 5.91 Å². The molecule has 0 aliphatic heterocycles. The second kappa shape index (κ2) is 6.91. The fraction of sp³-hybridized carbons (Fsp3) is 0.231. The lowest BCUT2D eigenvalue weighted by atomic mass is 10.0. The van der Waals surface area contributed by atoms with Crippen LogP contribution >= 0.6 is 11.6 Å². The molecule has 1 aromatic rings. The molecule has 0 aromatic carbocycles. The van der Waals surface area contributed by atoms with Crippen molar-refractivity contribution < 1.29 is 18.4 Å². The van der Waals surface area contributed by atoms with Crippen LogP contribution in [0.5, 0.6) is 0 Å². The van der Waals surface area contributed by atoms with Crippen molar-refractivity contribution in [1.82, 2.24) is 10.5 Å². The Bertz CT molecular complexity index is 718. The Morgan fingerprint density at radius 3 is 2.77 bits per heavy atom. The Balaban J connectivity index is 2.10. The predicted molar refractivity (Wildman–Crippen MR) is 82.3 cm³/mol. The van der Waals surface area contributed by atoms with Gasteiger partial charge in [0.15, 0.2) is 0 Å². The van der Waals surface area contributed by atoms with Gasteiger partial charge in [0.2, 0.25) is 10.0 Å². The van der Waals surface area contributed by atoms with E-state index in [0.29, 0.717) is 0 Å². The molecule has 7 nitrogen and oxygen atoms in total. The number of alkyl halides is 1. The van der Waals surface area contributed by atoms with E-state index in [1.807, 2.05) is 0 Å². The Hall–Kier alpha value is -1.90. The fourth-order valence-corrected chi connectivity index (χ4v) is 3.68. The summed E-state index contributed by atoms with van der Waals surface area (Å²) >= 11 is 6.06. The van der Waals surface area contributed by atoms with Gasteiger partial charge >= 0.3 is 0 Å². The maximum Gasteiger partial charge on any atom is 0.293 e. The molecular weight excluding hydrogens is 330 g/mol. The summed E-state index contributed by atoms with van der Waals surface area (Å²) in [5.41, 5.74) is 1.49. The molecule has 2 atom stereocenters. The summed E-state index contributed by atoms with van der Waals surface area (Å²) in [5.74, 6) is -1.36. The molecule has 1 amide bonds. The van der Waals surface area contributed by atoms with Crippen LogP contribution in [0.25, 0.3) is 0 Å². The number of nitrogens with zero attached hydrogens (tertiary/aromatic N) is 1. The molecule has 0 bridgehead atoms. The number of carbonyl (C=O) groups is 1. The van der Waals surface area contributed by atoms with Gasteiger partial charge in [-0.05, 0) is 12.1 Å². The van der Waals surface area contributed by atoms with Gasteiger partial charge in [0.05, 0.1) is 16.8 Å². The average Bonchev–Trinajstić information content (AvgIpc) is 2.48. The number of nitrogens with one attached hydrogen (secondary N) is 2. The van der Waals surface area contributed by atoms with Gasteiger partial charge in [-0.3, -0.25) is 19.7 Å². The number of hydrogen-bond donors (Lipinski definition) is 3. The number of allylic oxidation sites excluding steroid dienone is 4. The zero-order chi connectivity index (χ0) is 16.2. The van der Waals surface area contributed by atoms with Crippen molar-refractivity contribution in [2.45, 2.75) is 5.38 Å². The predicted octanol–water partition coefficient (Wildman–Crippen LogP) is 1.29. The SMILES string of the molecule is O=C(NO)c1cc(NS(=O)(=O)CC2C=CC=CC2Cl)ccn1. The molecule has 2 rings (SSSR count). The largest absolute Gasteiger partial charge is 0.293 e. The van der Waals surface area contributed by atoms with Crippen molar-refractivity contribution in [3.8, 4) is 0 Å². The first-order valence-corrected chi connectivity index (χ1v) is 8.40. The fourth-order valence-electron chi connectivity index (χ4n) is 1.92. The van der Waals surface area contributed by atoms with E-state index in [1.165, 1.54) is 23.8 Å². The molecule has 1 aliphatic rings. The standard InChI is InChI=1S/C13H14ClN3O4S/c14-11-4-2-1-3-9(11)8-22(20,21)17-10-5-6-15-12(7-10)13(18)16-19/h1-7,9,11,19H,8H2,(H,15,17)(H,16,18). The van der Waals surface area contributed by atoms with Crippen LogP contribution in [0.1, 0.15) is 10.5 Å². The molecule has 1 aromatic heterocycles. The number of halogens is 1. The molecule has 9 heteroatoms. The van der Waals surface area contributed by atoms with Gasteiger partial charge in [-0.15, -0.1) is 11.6 Å². The molecule has 0 fully saturated rings. The molecule has 3 N–H and O–H groups in total. The van der Waals surface area contributed by atoms with Crippen molar-refractivity contribution in [2.24, 2.45) is 5.92 Å². The zero-order valence-corrected chi connectivity index (χ0v) is 12.9. The highest BCUT2D eigenvalue weighted by Crippen LogP contribution is 2.21. The highest BCUT2D eigenvalue weighted by Gasteiger charge is 2.23. The van der Waals surface area contributed by atoms with Gasteiger partial charge in [-0.2, -0.15) is 0 Å². The van der Waals surface area contributed by atoms with E-state index in [-0.39, 0.29) is 23.1 Å². The van der Waals surface area contributed by atoms with E-state index >= 15 is 0 Å². The summed E-state index contributed by atoms with van der Waals surface area (Å²) in [4.78, 5) is 15.0. The lowest BCUT2D eigenvalue weighted by molar-refractivity contribution is 0.0701. The van der Waals surface area contributed by atoms with Crippen LogP contribution in [0.2, 0.25) is 0 Å². The molecular formula is C13H14ClN3O4S. The van der Waals surface area contributed by atoms with Crippen LogP contribution in [0.4, 0.5) is 5.69 Å². The maximum atomic E-state index is 12.2. The second-order valence-electron chi connectivity index (χ2n) is 4.63. The third-order valence-corrected chi connectivity index (χ3v) is 4.79. The van der Waals surface area contributed by atoms with Crippen LogP contribution in [0, 0.1) is 5.92 Å². The van der Waals surface area contributed by atoms with Crippen molar-refractivity contribution in [2.75, 3.05) is 10.5 Å². The number of rotatable bonds is 5. The zero-order valence-electron chi connectivity index (χ0n) is 11.3. The number of amides is 1. The normalized spacial score (nSPS) is 20.6. The van der Waals surface area contributed by atoms with E-state index < -0.39 is 21.3 Å². The lowest BCUT2D eigenvalue weighted by Gasteiger charge is -2.19. The highest BCUT2D eigenvalue weighted by atomic mass is 35.5. The first-order valence-electron chi connectivity index (χ1n) is 6.31. The van der Waals surface area contributed by atoms with Crippen molar-refractivity contribution in [3.05, 3.63) is 48.3 Å². The molecule has 1 aliphatic carbocycles. The Labute approximate surface area is 132 Å². The maximum absolute atomic E-state index is 12.2. The number of sulfonamides is 1. The van der Waals surface area contributed by atoms with E-state index in [4.69, 9.17) is 16.8 Å². The minimum atomic E-state index is -3.66. The number of carbonyl (C=O) groups excluding carboxylic acids is 1. The molecule has 0 spiro atoms. The van der Waals surface area contributed by atoms with Crippen molar-refractivity contribution in [1.29, 1.82) is 0 Å². The van der Waals surface area contributed by atoms with Crippen LogP contribution in [0.15, 0.2) is 42.6 Å². The second-order valence-corrected chi connectivity index (χ2v) is 6.90. The Morgan fingerprint density at radius 1 is 1.36 bits per heavy atom. The minimum Gasteiger partial charge on any atom is -0.288 e. The van der Waals surface area contributed by atoms with Gasteiger partial charge in [0.1, 0.15) is 5.69 Å². The lowest BCUT2D eigenvalue weighted by Crippen LogP contribution is -2.27. The highest BCUT2D eigenvalue weighted by molar-refractivity contribution is 7.92. The number of anilines is 1. The van der Waals surface area contributed by atoms with Crippen LogP contribution in [-0.2, 0) is 10.0 Å². The number of pyridine rings is 1. The van der Waals surface area contributed by atoms with E-state index in [2.05, 4.69) is 9.71 Å². The molecule has 0 saturated carbocycles. The number of aromatic nitrogens is 1. The van der Waals surface area contributed by atoms with E-state index in [9.17, 15) is 13.2 Å². The Kier molecular flexibility index (Phi) is 5.17. The van der Waals surface area contributed by atoms with E-state index in [0.717, 1.165) is 0 Å². The Morgan fingerprint density at radius 2 is 2.09 bits per heavy atom. The number of hydrogen-bond acceptors (Lipinski definition) is 5. The molecule has 0 saturated heterocycles. The molecule has 22 heavy (non-hydrogen) atoms. The van der Waals surface area contributed by atoms with Crippen LogP contribution < -0.4 is 10.2 Å². The minimum absolute atomic E-state index is 0.113. The number of hydroxylamine groups is 1. The molecule has 118 valence electrons. The summed E-state index contributed by atoms with van der Waals surface area (Å²) in [6, 6.07) is 2.62. The monoisotopic (exact) mass is 343 g/mol. The van der Waals surface area contributed by atoms with Gasteiger partial charge in [-0.25, -0.2) is 13.9 Å². The molecule has 0 radical (unpaired) electrons. The van der Waals surface area contributed by atoms with Crippen LogP contribution in [0.3, 0.4) is 0 Å². The molecule has 2 unspecified atom stereocenters. The quantitative estimate of drug-likeness (QED) is 0.424. The van der Waals surface area contributed by atoms with Gasteiger partial charge in [0, 0.05) is 12.1 Å². The van der Waals surface area contributed by atoms with Crippen molar-refractivity contribution >= 4 is 33.2 Å². The summed E-state index contributed by atoms with van der Waals surface area (Å²) in [6.45, 7) is 0. The molecule has 1 heterocycles. The van der Waals surface area contributed by atoms with Crippen LogP contribution in [-0.4, -0.2) is 35.6 Å². The van der Waals surface area contributed by atoms with Crippen molar-refractivity contribution in [3.63, 3.8) is 0 Å². The third kappa shape index (κ3) is 4.30. The smallest absolute Gasteiger partial charge is 0.288 e. The average molecular weight is 344 g/mol. The summed E-state index contributed by atoms with van der Waals surface area (Å²) < 4.78 is 26.7.